The largest absolute Gasteiger partial charge is 0.370 e. The van der Waals surface area contributed by atoms with Gasteiger partial charge in [-0.25, -0.2) is 19.3 Å². The molecule has 20 heavy (non-hydrogen) atoms. The molecular formula is C12H15N7O. The zero-order valence-electron chi connectivity index (χ0n) is 11.1. The lowest BCUT2D eigenvalue weighted by atomic mass is 10.1. The van der Waals surface area contributed by atoms with E-state index >= 15 is 0 Å². The zero-order valence-corrected chi connectivity index (χ0v) is 11.1. The molecule has 0 saturated heterocycles. The van der Waals surface area contributed by atoms with Crippen molar-refractivity contribution < 1.29 is 0 Å². The van der Waals surface area contributed by atoms with Crippen molar-refractivity contribution in [2.75, 3.05) is 11.9 Å². The van der Waals surface area contributed by atoms with Gasteiger partial charge in [0, 0.05) is 18.3 Å². The van der Waals surface area contributed by atoms with Gasteiger partial charge in [-0.1, -0.05) is 0 Å². The summed E-state index contributed by atoms with van der Waals surface area (Å²) in [5.74, 6) is 0.709. The first kappa shape index (κ1) is 12.4. The molecule has 0 aliphatic carbocycles. The Labute approximate surface area is 114 Å². The highest BCUT2D eigenvalue weighted by atomic mass is 16.1. The Morgan fingerprint density at radius 2 is 2.30 bits per heavy atom. The monoisotopic (exact) mass is 273 g/mol. The van der Waals surface area contributed by atoms with Crippen molar-refractivity contribution in [3.05, 3.63) is 40.3 Å². The Kier molecular flexibility index (Phi) is 3.20. The predicted molar refractivity (Wildman–Crippen MR) is 73.7 cm³/mol. The molecule has 0 saturated carbocycles. The molecule has 0 amide bonds. The number of aryl methyl sites for hydroxylation is 2. The molecule has 0 bridgehead atoms. The first-order valence-corrected chi connectivity index (χ1v) is 6.39. The summed E-state index contributed by atoms with van der Waals surface area (Å²) in [4.78, 5) is 15.5. The van der Waals surface area contributed by atoms with Crippen LogP contribution in [0.3, 0.4) is 0 Å². The Bertz CT molecular complexity index is 769. The number of H-pyrrole nitrogens is 2. The van der Waals surface area contributed by atoms with Gasteiger partial charge in [0.15, 0.2) is 5.65 Å². The molecule has 104 valence electrons. The van der Waals surface area contributed by atoms with E-state index in [4.69, 9.17) is 0 Å². The maximum atomic E-state index is 11.3. The highest BCUT2D eigenvalue weighted by Crippen LogP contribution is 2.07. The summed E-state index contributed by atoms with van der Waals surface area (Å²) in [7, 11) is 0. The van der Waals surface area contributed by atoms with E-state index in [0.29, 0.717) is 11.5 Å². The van der Waals surface area contributed by atoms with Crippen LogP contribution in [-0.4, -0.2) is 36.3 Å². The second-order valence-corrected chi connectivity index (χ2v) is 4.58. The van der Waals surface area contributed by atoms with Crippen molar-refractivity contribution in [2.45, 2.75) is 19.8 Å². The summed E-state index contributed by atoms with van der Waals surface area (Å²) >= 11 is 0. The molecule has 8 nitrogen and oxygen atoms in total. The summed E-state index contributed by atoms with van der Waals surface area (Å²) in [6, 6.07) is 1.74. The molecule has 3 N–H and O–H groups in total. The van der Waals surface area contributed by atoms with Crippen molar-refractivity contribution in [3.63, 3.8) is 0 Å². The van der Waals surface area contributed by atoms with Gasteiger partial charge in [0.25, 0.3) is 0 Å². The number of nitrogens with zero attached hydrogens (tertiary/aromatic N) is 4. The number of aromatic nitrogens is 6. The summed E-state index contributed by atoms with van der Waals surface area (Å²) in [5, 5.41) is 16.4. The summed E-state index contributed by atoms with van der Waals surface area (Å²) in [6.07, 6.45) is 5.25. The lowest BCUT2D eigenvalue weighted by Crippen LogP contribution is -2.11. The highest BCUT2D eigenvalue weighted by molar-refractivity contribution is 5.48. The van der Waals surface area contributed by atoms with Gasteiger partial charge >= 0.3 is 5.69 Å². The molecular weight excluding hydrogens is 258 g/mol. The average molecular weight is 273 g/mol. The van der Waals surface area contributed by atoms with Crippen LogP contribution in [0, 0.1) is 6.92 Å². The Hall–Kier alpha value is -2.64. The molecule has 3 heterocycles. The van der Waals surface area contributed by atoms with E-state index in [1.807, 2.05) is 13.1 Å². The van der Waals surface area contributed by atoms with Gasteiger partial charge in [-0.15, -0.1) is 0 Å². The number of anilines is 1. The van der Waals surface area contributed by atoms with Crippen LogP contribution in [-0.2, 0) is 6.42 Å². The van der Waals surface area contributed by atoms with Gasteiger partial charge in [0.05, 0.1) is 6.20 Å². The fourth-order valence-corrected chi connectivity index (χ4v) is 2.03. The minimum absolute atomic E-state index is 0.283. The second-order valence-electron chi connectivity index (χ2n) is 4.58. The molecule has 3 aromatic rings. The van der Waals surface area contributed by atoms with Crippen LogP contribution in [0.1, 0.15) is 17.7 Å². The Balaban J connectivity index is 1.57. The Morgan fingerprint density at radius 1 is 1.40 bits per heavy atom. The van der Waals surface area contributed by atoms with Gasteiger partial charge in [0.2, 0.25) is 0 Å². The third-order valence-electron chi connectivity index (χ3n) is 3.17. The summed E-state index contributed by atoms with van der Waals surface area (Å²) in [5.41, 5.74) is 2.61. The van der Waals surface area contributed by atoms with Crippen LogP contribution in [0.15, 0.2) is 23.4 Å². The van der Waals surface area contributed by atoms with Crippen molar-refractivity contribution in [2.24, 2.45) is 0 Å². The van der Waals surface area contributed by atoms with Crippen LogP contribution < -0.4 is 11.0 Å². The maximum Gasteiger partial charge on any atom is 0.348 e. The first-order valence-electron chi connectivity index (χ1n) is 6.39. The van der Waals surface area contributed by atoms with Crippen LogP contribution in [0.4, 0.5) is 5.82 Å². The highest BCUT2D eigenvalue weighted by Gasteiger charge is 2.03. The van der Waals surface area contributed by atoms with E-state index in [1.165, 1.54) is 16.3 Å². The quantitative estimate of drug-likeness (QED) is 0.587. The van der Waals surface area contributed by atoms with E-state index in [9.17, 15) is 4.79 Å². The normalized spacial score (nSPS) is 11.1. The predicted octanol–water partition coefficient (Wildman–Crippen LogP) is 0.494. The molecule has 0 unspecified atom stereocenters. The number of rotatable bonds is 5. The fourth-order valence-electron chi connectivity index (χ4n) is 2.03. The Morgan fingerprint density at radius 3 is 3.10 bits per heavy atom. The molecule has 0 atom stereocenters. The van der Waals surface area contributed by atoms with Gasteiger partial charge in [-0.3, -0.25) is 5.10 Å². The van der Waals surface area contributed by atoms with E-state index in [-0.39, 0.29) is 5.69 Å². The van der Waals surface area contributed by atoms with Crippen molar-refractivity contribution in [1.82, 2.24) is 29.8 Å². The van der Waals surface area contributed by atoms with Crippen molar-refractivity contribution >= 4 is 11.5 Å². The molecule has 0 aliphatic rings. The molecule has 0 radical (unpaired) electrons. The van der Waals surface area contributed by atoms with Crippen molar-refractivity contribution in [3.8, 4) is 0 Å². The lowest BCUT2D eigenvalue weighted by molar-refractivity contribution is 0.852. The summed E-state index contributed by atoms with van der Waals surface area (Å²) in [6.45, 7) is 2.81. The minimum Gasteiger partial charge on any atom is -0.370 e. The van der Waals surface area contributed by atoms with E-state index < -0.39 is 0 Å². The number of nitrogens with one attached hydrogen (secondary N) is 3. The lowest BCUT2D eigenvalue weighted by Gasteiger charge is -2.05. The molecule has 0 fully saturated rings. The van der Waals surface area contributed by atoms with Crippen LogP contribution in [0.25, 0.3) is 5.65 Å². The van der Waals surface area contributed by atoms with Crippen LogP contribution >= 0.6 is 0 Å². The molecule has 0 spiro atoms. The second kappa shape index (κ2) is 5.16. The number of hydrogen-bond acceptors (Lipinski definition) is 5. The summed E-state index contributed by atoms with van der Waals surface area (Å²) < 4.78 is 1.36. The SMILES string of the molecule is Cc1[nH]ncc1CCCNc1cc2n[nH]c(=O)n2cn1. The number of fused-ring (bicyclic) bond motifs is 1. The van der Waals surface area contributed by atoms with Gasteiger partial charge in [0.1, 0.15) is 12.1 Å². The molecule has 3 rings (SSSR count). The van der Waals surface area contributed by atoms with Gasteiger partial charge in [-0.2, -0.15) is 10.2 Å². The molecule has 0 aliphatic heterocycles. The standard InChI is InChI=1S/C12H15N7O/c1-8-9(6-15-16-8)3-2-4-13-10-5-11-17-18-12(20)19(11)7-14-10/h5-7,13H,2-4H2,1H3,(H,15,16)(H,18,20). The van der Waals surface area contributed by atoms with Crippen molar-refractivity contribution in [1.29, 1.82) is 0 Å². The minimum atomic E-state index is -0.283. The van der Waals surface area contributed by atoms with E-state index in [2.05, 4.69) is 30.7 Å². The number of aromatic amines is 2. The third-order valence-corrected chi connectivity index (χ3v) is 3.17. The molecule has 3 aromatic heterocycles. The number of hydrogen-bond donors (Lipinski definition) is 3. The molecule has 8 heteroatoms. The fraction of sp³-hybridized carbons (Fsp3) is 0.333. The molecule has 0 aromatic carbocycles. The van der Waals surface area contributed by atoms with E-state index in [1.54, 1.807) is 6.07 Å². The smallest absolute Gasteiger partial charge is 0.348 e. The third kappa shape index (κ3) is 2.40. The average Bonchev–Trinajstić information content (AvgIpc) is 3.02. The first-order chi connectivity index (χ1) is 9.74. The maximum absolute atomic E-state index is 11.3. The van der Waals surface area contributed by atoms with Gasteiger partial charge in [-0.05, 0) is 25.3 Å². The van der Waals surface area contributed by atoms with E-state index in [0.717, 1.165) is 25.1 Å². The van der Waals surface area contributed by atoms with Crippen LogP contribution in [0.2, 0.25) is 0 Å². The topological polar surface area (TPSA) is 104 Å². The van der Waals surface area contributed by atoms with Gasteiger partial charge < -0.3 is 5.32 Å². The zero-order chi connectivity index (χ0) is 13.9. The van der Waals surface area contributed by atoms with Crippen LogP contribution in [0.5, 0.6) is 0 Å².